The summed E-state index contributed by atoms with van der Waals surface area (Å²) in [6.45, 7) is 0. The van der Waals surface area contributed by atoms with Gasteiger partial charge < -0.3 is 10.3 Å². The van der Waals surface area contributed by atoms with Gasteiger partial charge >= 0.3 is 0 Å². The third kappa shape index (κ3) is 2.04. The van der Waals surface area contributed by atoms with Crippen molar-refractivity contribution in [2.75, 3.05) is 0 Å². The van der Waals surface area contributed by atoms with Gasteiger partial charge in [-0.2, -0.15) is 0 Å². The van der Waals surface area contributed by atoms with Crippen LogP contribution in [-0.4, -0.2) is 9.55 Å². The molecule has 0 aliphatic heterocycles. The van der Waals surface area contributed by atoms with Crippen LogP contribution in [0.3, 0.4) is 0 Å². The summed E-state index contributed by atoms with van der Waals surface area (Å²) in [4.78, 5) is 16.0. The number of benzene rings is 1. The van der Waals surface area contributed by atoms with Crippen molar-refractivity contribution in [3.05, 3.63) is 64.7 Å². The number of aryl methyl sites for hydroxylation is 1. The van der Waals surface area contributed by atoms with E-state index in [1.54, 1.807) is 17.7 Å². The van der Waals surface area contributed by atoms with E-state index in [0.717, 1.165) is 40.4 Å². The lowest BCUT2D eigenvalue weighted by atomic mass is 10.0. The second-order valence-electron chi connectivity index (χ2n) is 6.12. The Morgan fingerprint density at radius 3 is 2.68 bits per heavy atom. The van der Waals surface area contributed by atoms with Gasteiger partial charge in [-0.15, -0.1) is 0 Å². The van der Waals surface area contributed by atoms with Crippen molar-refractivity contribution >= 4 is 10.9 Å². The highest BCUT2D eigenvalue weighted by Crippen LogP contribution is 2.43. The zero-order chi connectivity index (χ0) is 15.3. The van der Waals surface area contributed by atoms with Crippen LogP contribution < -0.4 is 11.3 Å². The molecule has 1 aliphatic carbocycles. The number of nitrogens with zero attached hydrogens (tertiary/aromatic N) is 2. The van der Waals surface area contributed by atoms with Gasteiger partial charge in [-0.1, -0.05) is 6.07 Å². The monoisotopic (exact) mass is 291 g/mol. The summed E-state index contributed by atoms with van der Waals surface area (Å²) < 4.78 is 1.66. The van der Waals surface area contributed by atoms with Gasteiger partial charge in [-0.05, 0) is 53.6 Å². The maximum Gasteiger partial charge on any atom is 0.250 e. The minimum atomic E-state index is -0.177. The SMILES string of the molecule is Cn1c(=O)ccc2cc(-c3cncc(C4(N)CC4)c3)ccc21. The van der Waals surface area contributed by atoms with Gasteiger partial charge in [0, 0.05) is 36.6 Å². The summed E-state index contributed by atoms with van der Waals surface area (Å²) >= 11 is 0. The Labute approximate surface area is 128 Å². The lowest BCUT2D eigenvalue weighted by Crippen LogP contribution is -2.18. The Kier molecular flexibility index (Phi) is 2.71. The number of rotatable bonds is 2. The molecule has 0 amide bonds. The molecule has 2 aromatic heterocycles. The molecular weight excluding hydrogens is 274 g/mol. The van der Waals surface area contributed by atoms with E-state index in [-0.39, 0.29) is 11.1 Å². The third-order valence-corrected chi connectivity index (χ3v) is 4.56. The Morgan fingerprint density at radius 2 is 1.91 bits per heavy atom. The molecule has 2 heterocycles. The molecular formula is C18H17N3O. The lowest BCUT2D eigenvalue weighted by Gasteiger charge is -2.11. The topological polar surface area (TPSA) is 60.9 Å². The molecule has 1 fully saturated rings. The number of hydrogen-bond acceptors (Lipinski definition) is 3. The van der Waals surface area contributed by atoms with Crippen molar-refractivity contribution in [1.82, 2.24) is 9.55 Å². The van der Waals surface area contributed by atoms with Gasteiger partial charge in [0.25, 0.3) is 5.56 Å². The maximum absolute atomic E-state index is 11.7. The molecule has 0 atom stereocenters. The Bertz CT molecular complexity index is 938. The van der Waals surface area contributed by atoms with Crippen LogP contribution in [0.4, 0.5) is 0 Å². The van der Waals surface area contributed by atoms with Gasteiger partial charge in [0.2, 0.25) is 0 Å². The van der Waals surface area contributed by atoms with Crippen LogP contribution in [0.15, 0.2) is 53.6 Å². The summed E-state index contributed by atoms with van der Waals surface area (Å²) in [5, 5.41) is 1.04. The number of hydrogen-bond donors (Lipinski definition) is 1. The lowest BCUT2D eigenvalue weighted by molar-refractivity contribution is 0.735. The molecule has 0 saturated heterocycles. The van der Waals surface area contributed by atoms with Crippen molar-refractivity contribution in [2.45, 2.75) is 18.4 Å². The van der Waals surface area contributed by atoms with E-state index >= 15 is 0 Å². The van der Waals surface area contributed by atoms with E-state index in [2.05, 4.69) is 17.1 Å². The smallest absolute Gasteiger partial charge is 0.250 e. The van der Waals surface area contributed by atoms with E-state index < -0.39 is 0 Å². The van der Waals surface area contributed by atoms with Crippen LogP contribution in [0.1, 0.15) is 18.4 Å². The summed E-state index contributed by atoms with van der Waals surface area (Å²) in [7, 11) is 1.79. The molecule has 3 aromatic rings. The van der Waals surface area contributed by atoms with E-state index in [1.807, 2.05) is 30.6 Å². The number of aromatic nitrogens is 2. The zero-order valence-corrected chi connectivity index (χ0v) is 12.4. The largest absolute Gasteiger partial charge is 0.321 e. The third-order valence-electron chi connectivity index (χ3n) is 4.56. The molecule has 0 radical (unpaired) electrons. The predicted molar refractivity (Wildman–Crippen MR) is 87.5 cm³/mol. The van der Waals surface area contributed by atoms with Crippen LogP contribution in [0, 0.1) is 0 Å². The van der Waals surface area contributed by atoms with E-state index in [1.165, 1.54) is 0 Å². The minimum absolute atomic E-state index is 0.00252. The molecule has 0 spiro atoms. The van der Waals surface area contributed by atoms with Gasteiger partial charge in [0.15, 0.2) is 0 Å². The summed E-state index contributed by atoms with van der Waals surface area (Å²) in [6.07, 6.45) is 5.77. The quantitative estimate of drug-likeness (QED) is 0.789. The standard InChI is InChI=1S/C18H17N3O/c1-21-16-4-2-12(8-13(16)3-5-17(21)22)14-9-15(11-20-10-14)18(19)6-7-18/h2-5,8-11H,6-7,19H2,1H3. The molecule has 2 N–H and O–H groups in total. The first kappa shape index (κ1) is 13.2. The summed E-state index contributed by atoms with van der Waals surface area (Å²) in [5.74, 6) is 0. The second-order valence-corrected chi connectivity index (χ2v) is 6.12. The fourth-order valence-electron chi connectivity index (χ4n) is 2.86. The van der Waals surface area contributed by atoms with Crippen LogP contribution in [0.5, 0.6) is 0 Å². The van der Waals surface area contributed by atoms with Crippen molar-refractivity contribution in [3.8, 4) is 11.1 Å². The molecule has 0 bridgehead atoms. The van der Waals surface area contributed by atoms with Crippen molar-refractivity contribution in [2.24, 2.45) is 12.8 Å². The normalized spacial score (nSPS) is 15.9. The molecule has 1 saturated carbocycles. The molecule has 22 heavy (non-hydrogen) atoms. The van der Waals surface area contributed by atoms with Crippen LogP contribution in [0.2, 0.25) is 0 Å². The van der Waals surface area contributed by atoms with Crippen molar-refractivity contribution < 1.29 is 0 Å². The molecule has 4 heteroatoms. The predicted octanol–water partition coefficient (Wildman–Crippen LogP) is 2.55. The van der Waals surface area contributed by atoms with E-state index in [0.29, 0.717) is 0 Å². The highest BCUT2D eigenvalue weighted by Gasteiger charge is 2.40. The van der Waals surface area contributed by atoms with Crippen molar-refractivity contribution in [3.63, 3.8) is 0 Å². The Hall–Kier alpha value is -2.46. The van der Waals surface area contributed by atoms with Crippen LogP contribution >= 0.6 is 0 Å². The fourth-order valence-corrected chi connectivity index (χ4v) is 2.86. The van der Waals surface area contributed by atoms with Gasteiger partial charge in [0.05, 0.1) is 5.52 Å². The summed E-state index contributed by atoms with van der Waals surface area (Å²) in [5.41, 5.74) is 10.3. The molecule has 0 unspecified atom stereocenters. The maximum atomic E-state index is 11.7. The minimum Gasteiger partial charge on any atom is -0.321 e. The van der Waals surface area contributed by atoms with Gasteiger partial charge in [0.1, 0.15) is 0 Å². The number of pyridine rings is 2. The second kappa shape index (κ2) is 4.52. The first-order valence-corrected chi connectivity index (χ1v) is 7.41. The zero-order valence-electron chi connectivity index (χ0n) is 12.4. The first-order valence-electron chi connectivity index (χ1n) is 7.41. The van der Waals surface area contributed by atoms with Gasteiger partial charge in [-0.25, -0.2) is 0 Å². The number of nitrogens with two attached hydrogens (primary N) is 1. The Morgan fingerprint density at radius 1 is 1.09 bits per heavy atom. The van der Waals surface area contributed by atoms with Crippen molar-refractivity contribution in [1.29, 1.82) is 0 Å². The average molecular weight is 291 g/mol. The van der Waals surface area contributed by atoms with E-state index in [9.17, 15) is 4.79 Å². The van der Waals surface area contributed by atoms with E-state index in [4.69, 9.17) is 5.73 Å². The van der Waals surface area contributed by atoms with Gasteiger partial charge in [-0.3, -0.25) is 9.78 Å². The molecule has 1 aliphatic rings. The van der Waals surface area contributed by atoms with Crippen LogP contribution in [-0.2, 0) is 12.6 Å². The Balaban J connectivity index is 1.85. The average Bonchev–Trinajstić information content (AvgIpc) is 3.30. The van der Waals surface area contributed by atoms with Crippen LogP contribution in [0.25, 0.3) is 22.0 Å². The molecule has 4 rings (SSSR count). The number of fused-ring (bicyclic) bond motifs is 1. The summed E-state index contributed by atoms with van der Waals surface area (Å²) in [6, 6.07) is 11.7. The highest BCUT2D eigenvalue weighted by molar-refractivity contribution is 5.84. The highest BCUT2D eigenvalue weighted by atomic mass is 16.1. The molecule has 110 valence electrons. The first-order chi connectivity index (χ1) is 10.6. The fraction of sp³-hybridized carbons (Fsp3) is 0.222. The molecule has 4 nitrogen and oxygen atoms in total. The molecule has 1 aromatic carbocycles.